The highest BCUT2D eigenvalue weighted by Gasteiger charge is 2.19. The number of benzene rings is 2. The van der Waals surface area contributed by atoms with Gasteiger partial charge in [0, 0.05) is 6.54 Å². The fourth-order valence-corrected chi connectivity index (χ4v) is 2.83. The predicted octanol–water partition coefficient (Wildman–Crippen LogP) is 3.44. The summed E-state index contributed by atoms with van der Waals surface area (Å²) in [5, 5.41) is 3.00. The zero-order chi connectivity index (χ0) is 19.8. The first-order chi connectivity index (χ1) is 12.9. The van der Waals surface area contributed by atoms with E-state index in [1.807, 2.05) is 26.2 Å². The lowest BCUT2D eigenvalue weighted by Gasteiger charge is -2.26. The molecule has 2 aromatic rings. The summed E-state index contributed by atoms with van der Waals surface area (Å²) < 4.78 is 10.8. The lowest BCUT2D eigenvalue weighted by molar-refractivity contribution is -0.127. The number of carbonyl (C=O) groups excluding carboxylic acids is 1. The van der Waals surface area contributed by atoms with Gasteiger partial charge in [0.2, 0.25) is 0 Å². The Balaban J connectivity index is 1.93. The van der Waals surface area contributed by atoms with E-state index in [-0.39, 0.29) is 11.9 Å². The van der Waals surface area contributed by atoms with Gasteiger partial charge in [-0.3, -0.25) is 4.79 Å². The molecule has 2 unspecified atom stereocenters. The molecule has 2 atom stereocenters. The van der Waals surface area contributed by atoms with Crippen LogP contribution in [0.2, 0.25) is 0 Å². The molecule has 0 aliphatic rings. The Morgan fingerprint density at radius 3 is 2.15 bits per heavy atom. The number of aryl methyl sites for hydroxylation is 1. The Morgan fingerprint density at radius 1 is 1.04 bits per heavy atom. The second-order valence-corrected chi connectivity index (χ2v) is 6.76. The van der Waals surface area contributed by atoms with Crippen molar-refractivity contribution in [1.29, 1.82) is 0 Å². The minimum atomic E-state index is -0.580. The molecule has 0 aliphatic heterocycles. The van der Waals surface area contributed by atoms with Crippen LogP contribution in [0.5, 0.6) is 11.5 Å². The predicted molar refractivity (Wildman–Crippen MR) is 108 cm³/mol. The minimum Gasteiger partial charge on any atom is -0.497 e. The SMILES string of the molecule is CCc1ccc(C(CNC(=O)C(C)Oc2ccc(OC)cc2)N(C)C)cc1. The van der Waals surface area contributed by atoms with E-state index >= 15 is 0 Å². The molecule has 5 heteroatoms. The number of methoxy groups -OCH3 is 1. The zero-order valence-electron chi connectivity index (χ0n) is 16.9. The fourth-order valence-electron chi connectivity index (χ4n) is 2.83. The van der Waals surface area contributed by atoms with Gasteiger partial charge in [0.1, 0.15) is 11.5 Å². The van der Waals surface area contributed by atoms with Crippen LogP contribution in [0.1, 0.15) is 31.0 Å². The second kappa shape index (κ2) is 9.97. The lowest BCUT2D eigenvalue weighted by Crippen LogP contribution is -2.41. The lowest BCUT2D eigenvalue weighted by atomic mass is 10.0. The van der Waals surface area contributed by atoms with Gasteiger partial charge in [-0.1, -0.05) is 31.2 Å². The van der Waals surface area contributed by atoms with Crippen LogP contribution in [0.4, 0.5) is 0 Å². The first-order valence-corrected chi connectivity index (χ1v) is 9.28. The molecule has 1 amide bonds. The van der Waals surface area contributed by atoms with E-state index in [0.717, 1.165) is 12.2 Å². The average molecular weight is 370 g/mol. The van der Waals surface area contributed by atoms with Crippen LogP contribution >= 0.6 is 0 Å². The highest BCUT2D eigenvalue weighted by molar-refractivity contribution is 5.80. The van der Waals surface area contributed by atoms with Crippen LogP contribution in [-0.2, 0) is 11.2 Å². The number of carbonyl (C=O) groups is 1. The molecule has 1 N–H and O–H groups in total. The molecule has 146 valence electrons. The molecule has 2 rings (SSSR count). The summed E-state index contributed by atoms with van der Waals surface area (Å²) in [7, 11) is 5.65. The third-order valence-electron chi connectivity index (χ3n) is 4.61. The molecule has 0 saturated heterocycles. The van der Waals surface area contributed by atoms with Gasteiger partial charge in [-0.15, -0.1) is 0 Å². The zero-order valence-corrected chi connectivity index (χ0v) is 16.9. The number of hydrogen-bond acceptors (Lipinski definition) is 4. The van der Waals surface area contributed by atoms with E-state index in [9.17, 15) is 4.79 Å². The molecule has 0 aliphatic carbocycles. The maximum absolute atomic E-state index is 12.4. The number of hydrogen-bond donors (Lipinski definition) is 1. The summed E-state index contributed by atoms with van der Waals surface area (Å²) in [6.07, 6.45) is 0.438. The van der Waals surface area contributed by atoms with Gasteiger partial charge in [-0.05, 0) is 62.8 Å². The Labute approximate surface area is 162 Å². The molecule has 0 saturated carbocycles. The minimum absolute atomic E-state index is 0.105. The molecule has 0 spiro atoms. The molecule has 0 fully saturated rings. The molecule has 2 aromatic carbocycles. The van der Waals surface area contributed by atoms with Gasteiger partial charge in [-0.25, -0.2) is 0 Å². The number of nitrogens with zero attached hydrogens (tertiary/aromatic N) is 1. The smallest absolute Gasteiger partial charge is 0.260 e. The van der Waals surface area contributed by atoms with E-state index in [2.05, 4.69) is 41.4 Å². The summed E-state index contributed by atoms with van der Waals surface area (Å²) in [4.78, 5) is 14.6. The average Bonchev–Trinajstić information content (AvgIpc) is 2.68. The second-order valence-electron chi connectivity index (χ2n) is 6.76. The Morgan fingerprint density at radius 2 is 1.63 bits per heavy atom. The molecular weight excluding hydrogens is 340 g/mol. The number of rotatable bonds is 9. The summed E-state index contributed by atoms with van der Waals surface area (Å²) in [5.74, 6) is 1.25. The van der Waals surface area contributed by atoms with Gasteiger partial charge >= 0.3 is 0 Å². The Kier molecular flexibility index (Phi) is 7.67. The number of likely N-dealkylation sites (N-methyl/N-ethyl adjacent to an activating group) is 1. The largest absolute Gasteiger partial charge is 0.497 e. The Bertz CT molecular complexity index is 711. The van der Waals surface area contributed by atoms with Crippen molar-refractivity contribution in [3.05, 3.63) is 59.7 Å². The van der Waals surface area contributed by atoms with Crippen molar-refractivity contribution in [2.75, 3.05) is 27.7 Å². The van der Waals surface area contributed by atoms with E-state index < -0.39 is 6.10 Å². The van der Waals surface area contributed by atoms with Crippen molar-refractivity contribution < 1.29 is 14.3 Å². The van der Waals surface area contributed by atoms with Crippen LogP contribution in [-0.4, -0.2) is 44.7 Å². The fraction of sp³-hybridized carbons (Fsp3) is 0.409. The van der Waals surface area contributed by atoms with Crippen molar-refractivity contribution in [2.45, 2.75) is 32.4 Å². The molecule has 0 radical (unpaired) electrons. The van der Waals surface area contributed by atoms with Gasteiger partial charge in [0.15, 0.2) is 6.10 Å². The van der Waals surface area contributed by atoms with Crippen molar-refractivity contribution >= 4 is 5.91 Å². The highest BCUT2D eigenvalue weighted by atomic mass is 16.5. The molecule has 27 heavy (non-hydrogen) atoms. The maximum atomic E-state index is 12.4. The normalized spacial score (nSPS) is 13.1. The number of amides is 1. The number of nitrogens with one attached hydrogen (secondary N) is 1. The van der Waals surface area contributed by atoms with Crippen molar-refractivity contribution in [2.24, 2.45) is 0 Å². The van der Waals surface area contributed by atoms with Gasteiger partial charge in [-0.2, -0.15) is 0 Å². The van der Waals surface area contributed by atoms with Crippen LogP contribution in [0.3, 0.4) is 0 Å². The topological polar surface area (TPSA) is 50.8 Å². The summed E-state index contributed by atoms with van der Waals surface area (Å²) in [5.41, 5.74) is 2.49. The monoisotopic (exact) mass is 370 g/mol. The highest BCUT2D eigenvalue weighted by Crippen LogP contribution is 2.20. The van der Waals surface area contributed by atoms with Crippen LogP contribution in [0.25, 0.3) is 0 Å². The molecule has 5 nitrogen and oxygen atoms in total. The van der Waals surface area contributed by atoms with E-state index in [1.165, 1.54) is 11.1 Å². The van der Waals surface area contributed by atoms with Crippen molar-refractivity contribution in [1.82, 2.24) is 10.2 Å². The van der Waals surface area contributed by atoms with Crippen molar-refractivity contribution in [3.8, 4) is 11.5 Å². The first kappa shape index (κ1) is 20.8. The van der Waals surface area contributed by atoms with Crippen molar-refractivity contribution in [3.63, 3.8) is 0 Å². The molecular formula is C22H30N2O3. The summed E-state index contributed by atoms with van der Waals surface area (Å²) >= 11 is 0. The molecule has 0 heterocycles. The molecule has 0 aromatic heterocycles. The van der Waals surface area contributed by atoms with Crippen LogP contribution in [0, 0.1) is 0 Å². The third kappa shape index (κ3) is 6.00. The first-order valence-electron chi connectivity index (χ1n) is 9.28. The van der Waals surface area contributed by atoms with E-state index in [0.29, 0.717) is 12.3 Å². The van der Waals surface area contributed by atoms with Crippen LogP contribution in [0.15, 0.2) is 48.5 Å². The van der Waals surface area contributed by atoms with Crippen LogP contribution < -0.4 is 14.8 Å². The van der Waals surface area contributed by atoms with Gasteiger partial charge in [0.25, 0.3) is 5.91 Å². The van der Waals surface area contributed by atoms with Gasteiger partial charge < -0.3 is 19.7 Å². The van der Waals surface area contributed by atoms with Gasteiger partial charge in [0.05, 0.1) is 13.2 Å². The Hall–Kier alpha value is -2.53. The van der Waals surface area contributed by atoms with E-state index in [1.54, 1.807) is 26.2 Å². The summed E-state index contributed by atoms with van der Waals surface area (Å²) in [6.45, 7) is 4.41. The molecule has 0 bridgehead atoms. The third-order valence-corrected chi connectivity index (χ3v) is 4.61. The quantitative estimate of drug-likeness (QED) is 0.735. The maximum Gasteiger partial charge on any atom is 0.260 e. The standard InChI is InChI=1S/C22H30N2O3/c1-6-17-7-9-18(10-8-17)21(24(3)4)15-23-22(25)16(2)27-20-13-11-19(26-5)12-14-20/h7-14,16,21H,6,15H2,1-5H3,(H,23,25). The van der Waals surface area contributed by atoms with E-state index in [4.69, 9.17) is 9.47 Å². The summed E-state index contributed by atoms with van der Waals surface area (Å²) in [6, 6.07) is 15.9. The number of ether oxygens (including phenoxy) is 2.